The maximum absolute atomic E-state index is 11.9. The number of guanidine groups is 1. The third kappa shape index (κ3) is 7.58. The summed E-state index contributed by atoms with van der Waals surface area (Å²) < 4.78 is 5.15. The second kappa shape index (κ2) is 13.0. The lowest BCUT2D eigenvalue weighted by atomic mass is 9.97. The highest BCUT2D eigenvalue weighted by Crippen LogP contribution is 2.19. The first-order valence-electron chi connectivity index (χ1n) is 9.95. The fraction of sp³-hybridized carbons (Fsp3) is 0.619. The van der Waals surface area contributed by atoms with Gasteiger partial charge in [0.25, 0.3) is 0 Å². The van der Waals surface area contributed by atoms with E-state index in [4.69, 9.17) is 4.74 Å². The summed E-state index contributed by atoms with van der Waals surface area (Å²) in [6.07, 6.45) is 1.64. The number of hydrogen-bond acceptors (Lipinski definition) is 4. The van der Waals surface area contributed by atoms with Crippen LogP contribution >= 0.6 is 24.0 Å². The maximum atomic E-state index is 11.9. The quantitative estimate of drug-likeness (QED) is 0.269. The van der Waals surface area contributed by atoms with Crippen molar-refractivity contribution in [1.82, 2.24) is 15.1 Å². The van der Waals surface area contributed by atoms with Gasteiger partial charge in [-0.1, -0.05) is 31.2 Å². The van der Waals surface area contributed by atoms with Crippen molar-refractivity contribution in [3.8, 4) is 0 Å². The highest BCUT2D eigenvalue weighted by atomic mass is 127. The van der Waals surface area contributed by atoms with Gasteiger partial charge in [-0.25, -0.2) is 0 Å². The molecule has 0 aromatic heterocycles. The molecule has 0 atom stereocenters. The highest BCUT2D eigenvalue weighted by molar-refractivity contribution is 14.0. The average Bonchev–Trinajstić information content (AvgIpc) is 2.69. The molecule has 0 bridgehead atoms. The standard InChI is InChI=1S/C21H34N4O2.HI/c1-5-24(4)16-18-9-7-8-17(14-18)15-23-21(22-3)25-12-10-19(11-13-25)20(26)27-6-2;/h7-9,14,19H,5-6,10-13,15-16H2,1-4H3,(H,22,23);1H. The average molecular weight is 502 g/mol. The molecule has 1 aliphatic heterocycles. The Morgan fingerprint density at radius 3 is 2.57 bits per heavy atom. The van der Waals surface area contributed by atoms with Crippen LogP contribution in [0.15, 0.2) is 29.3 Å². The van der Waals surface area contributed by atoms with E-state index in [2.05, 4.69) is 58.3 Å². The van der Waals surface area contributed by atoms with Crippen molar-refractivity contribution in [2.24, 2.45) is 10.9 Å². The van der Waals surface area contributed by atoms with E-state index in [-0.39, 0.29) is 35.9 Å². The predicted octanol–water partition coefficient (Wildman–Crippen LogP) is 3.11. The van der Waals surface area contributed by atoms with Crippen LogP contribution in [-0.4, -0.2) is 62.1 Å². The van der Waals surface area contributed by atoms with E-state index < -0.39 is 0 Å². The van der Waals surface area contributed by atoms with Gasteiger partial charge in [-0.2, -0.15) is 0 Å². The molecule has 1 fully saturated rings. The third-order valence-corrected chi connectivity index (χ3v) is 5.06. The number of nitrogens with zero attached hydrogens (tertiary/aromatic N) is 3. The summed E-state index contributed by atoms with van der Waals surface area (Å²) in [6, 6.07) is 8.68. The number of likely N-dealkylation sites (tertiary alicyclic amines) is 1. The van der Waals surface area contributed by atoms with E-state index in [1.54, 1.807) is 0 Å². The molecule has 0 aliphatic carbocycles. The van der Waals surface area contributed by atoms with Gasteiger partial charge >= 0.3 is 5.97 Å². The Morgan fingerprint density at radius 1 is 1.29 bits per heavy atom. The van der Waals surface area contributed by atoms with Crippen LogP contribution in [0.5, 0.6) is 0 Å². The zero-order chi connectivity index (χ0) is 19.6. The van der Waals surface area contributed by atoms with Crippen LogP contribution < -0.4 is 5.32 Å². The largest absolute Gasteiger partial charge is 0.466 e. The molecule has 1 N–H and O–H groups in total. The summed E-state index contributed by atoms with van der Waals surface area (Å²) in [5.41, 5.74) is 2.57. The number of carbonyl (C=O) groups is 1. The SMILES string of the molecule is CCOC(=O)C1CCN(C(=NC)NCc2cccc(CN(C)CC)c2)CC1.I. The normalized spacial score (nSPS) is 15.3. The molecule has 1 aromatic carbocycles. The van der Waals surface area contributed by atoms with Crippen molar-refractivity contribution >= 4 is 35.9 Å². The van der Waals surface area contributed by atoms with Gasteiger partial charge in [0.05, 0.1) is 12.5 Å². The van der Waals surface area contributed by atoms with Crippen molar-refractivity contribution in [2.45, 2.75) is 39.8 Å². The first-order valence-corrected chi connectivity index (χ1v) is 9.95. The zero-order valence-electron chi connectivity index (χ0n) is 17.6. The van der Waals surface area contributed by atoms with E-state index in [1.807, 2.05) is 14.0 Å². The molecular weight excluding hydrogens is 467 g/mol. The molecular formula is C21H35IN4O2. The predicted molar refractivity (Wildman–Crippen MR) is 125 cm³/mol. The second-order valence-electron chi connectivity index (χ2n) is 7.06. The Labute approximate surface area is 186 Å². The lowest BCUT2D eigenvalue weighted by molar-refractivity contribution is -0.149. The molecule has 0 amide bonds. The minimum absolute atomic E-state index is 0. The van der Waals surface area contributed by atoms with Gasteiger partial charge in [0.1, 0.15) is 0 Å². The van der Waals surface area contributed by atoms with E-state index in [0.29, 0.717) is 6.61 Å². The van der Waals surface area contributed by atoms with E-state index in [1.165, 1.54) is 11.1 Å². The van der Waals surface area contributed by atoms with Crippen molar-refractivity contribution in [3.63, 3.8) is 0 Å². The molecule has 1 aliphatic rings. The Hall–Kier alpha value is -1.35. The number of hydrogen-bond donors (Lipinski definition) is 1. The molecule has 1 saturated heterocycles. The molecule has 1 aromatic rings. The molecule has 0 saturated carbocycles. The zero-order valence-corrected chi connectivity index (χ0v) is 19.9. The van der Waals surface area contributed by atoms with Crippen LogP contribution in [0.2, 0.25) is 0 Å². The molecule has 6 nitrogen and oxygen atoms in total. The summed E-state index contributed by atoms with van der Waals surface area (Å²) in [5.74, 6) is 0.855. The number of esters is 1. The van der Waals surface area contributed by atoms with Crippen LogP contribution in [-0.2, 0) is 22.6 Å². The molecule has 0 radical (unpaired) electrons. The fourth-order valence-electron chi connectivity index (χ4n) is 3.36. The Morgan fingerprint density at radius 2 is 1.96 bits per heavy atom. The molecule has 0 spiro atoms. The lowest BCUT2D eigenvalue weighted by Gasteiger charge is -2.33. The highest BCUT2D eigenvalue weighted by Gasteiger charge is 2.27. The molecule has 28 heavy (non-hydrogen) atoms. The van der Waals surface area contributed by atoms with Crippen molar-refractivity contribution < 1.29 is 9.53 Å². The maximum Gasteiger partial charge on any atom is 0.309 e. The van der Waals surface area contributed by atoms with Gasteiger partial charge in [-0.15, -0.1) is 24.0 Å². The first-order chi connectivity index (χ1) is 13.1. The van der Waals surface area contributed by atoms with Gasteiger partial charge in [0.15, 0.2) is 5.96 Å². The number of aliphatic imine (C=N–C) groups is 1. The van der Waals surface area contributed by atoms with Gasteiger partial charge in [0.2, 0.25) is 0 Å². The van der Waals surface area contributed by atoms with Crippen LogP contribution in [0.25, 0.3) is 0 Å². The van der Waals surface area contributed by atoms with Gasteiger partial charge < -0.3 is 19.9 Å². The monoisotopic (exact) mass is 502 g/mol. The van der Waals surface area contributed by atoms with Gasteiger partial charge in [-0.05, 0) is 44.5 Å². The number of nitrogens with one attached hydrogen (secondary N) is 1. The minimum Gasteiger partial charge on any atom is -0.466 e. The van der Waals surface area contributed by atoms with Crippen molar-refractivity contribution in [2.75, 3.05) is 40.3 Å². The number of rotatable bonds is 7. The number of ether oxygens (including phenoxy) is 1. The molecule has 7 heteroatoms. The van der Waals surface area contributed by atoms with Crippen molar-refractivity contribution in [3.05, 3.63) is 35.4 Å². The lowest BCUT2D eigenvalue weighted by Crippen LogP contribution is -2.46. The number of halogens is 1. The topological polar surface area (TPSA) is 57.2 Å². The second-order valence-corrected chi connectivity index (χ2v) is 7.06. The fourth-order valence-corrected chi connectivity index (χ4v) is 3.36. The Kier molecular flexibility index (Phi) is 11.4. The summed E-state index contributed by atoms with van der Waals surface area (Å²) in [5, 5.41) is 3.47. The Bertz CT molecular complexity index is 631. The Balaban J connectivity index is 0.00000392. The van der Waals surface area contributed by atoms with Gasteiger partial charge in [-0.3, -0.25) is 9.79 Å². The van der Waals surface area contributed by atoms with E-state index in [9.17, 15) is 4.79 Å². The van der Waals surface area contributed by atoms with Crippen molar-refractivity contribution in [1.29, 1.82) is 0 Å². The smallest absolute Gasteiger partial charge is 0.309 e. The first kappa shape index (κ1) is 24.7. The van der Waals surface area contributed by atoms with Crippen LogP contribution in [0.3, 0.4) is 0 Å². The van der Waals surface area contributed by atoms with Gasteiger partial charge in [0, 0.05) is 33.2 Å². The van der Waals surface area contributed by atoms with Crippen LogP contribution in [0.4, 0.5) is 0 Å². The van der Waals surface area contributed by atoms with E-state index >= 15 is 0 Å². The summed E-state index contributed by atoms with van der Waals surface area (Å²) in [7, 11) is 3.94. The summed E-state index contributed by atoms with van der Waals surface area (Å²) in [6.45, 7) is 8.87. The summed E-state index contributed by atoms with van der Waals surface area (Å²) in [4.78, 5) is 20.8. The van der Waals surface area contributed by atoms with E-state index in [0.717, 1.165) is 51.5 Å². The minimum atomic E-state index is -0.0611. The van der Waals surface area contributed by atoms with Crippen LogP contribution in [0.1, 0.15) is 37.8 Å². The molecule has 1 heterocycles. The number of carbonyl (C=O) groups excluding carboxylic acids is 1. The summed E-state index contributed by atoms with van der Waals surface area (Å²) >= 11 is 0. The van der Waals surface area contributed by atoms with Crippen LogP contribution in [0, 0.1) is 5.92 Å². The number of piperidine rings is 1. The molecule has 158 valence electrons. The third-order valence-electron chi connectivity index (χ3n) is 5.06. The number of benzene rings is 1. The molecule has 2 rings (SSSR count). The molecule has 0 unspecified atom stereocenters.